The summed E-state index contributed by atoms with van der Waals surface area (Å²) in [7, 11) is 0. The second-order valence-electron chi connectivity index (χ2n) is 5.52. The van der Waals surface area contributed by atoms with Crippen molar-refractivity contribution in [2.24, 2.45) is 5.73 Å². The van der Waals surface area contributed by atoms with Crippen LogP contribution in [0.25, 0.3) is 0 Å². The Morgan fingerprint density at radius 1 is 1.47 bits per heavy atom. The van der Waals surface area contributed by atoms with Gasteiger partial charge in [-0.1, -0.05) is 6.92 Å². The number of hydrogen-bond acceptors (Lipinski definition) is 3. The summed E-state index contributed by atoms with van der Waals surface area (Å²) in [5.41, 5.74) is 6.33. The van der Waals surface area contributed by atoms with Crippen LogP contribution in [-0.2, 0) is 6.42 Å². The van der Waals surface area contributed by atoms with E-state index in [-0.39, 0.29) is 0 Å². The largest absolute Gasteiger partial charge is 0.329 e. The summed E-state index contributed by atoms with van der Waals surface area (Å²) in [4.78, 5) is 5.51. The first kappa shape index (κ1) is 13.1. The van der Waals surface area contributed by atoms with E-state index in [4.69, 9.17) is 5.73 Å². The zero-order chi connectivity index (χ0) is 12.5. The number of likely N-dealkylation sites (tertiary alicyclic amines) is 1. The van der Waals surface area contributed by atoms with E-state index in [1.165, 1.54) is 29.1 Å². The molecule has 2 nitrogen and oxygen atoms in total. The summed E-state index contributed by atoms with van der Waals surface area (Å²) >= 11 is 1.93. The van der Waals surface area contributed by atoms with Crippen LogP contribution >= 0.6 is 11.3 Å². The molecule has 17 heavy (non-hydrogen) atoms. The summed E-state index contributed by atoms with van der Waals surface area (Å²) in [6, 6.07) is 4.94. The molecule has 1 saturated heterocycles. The maximum atomic E-state index is 6.02. The van der Waals surface area contributed by atoms with E-state index in [9.17, 15) is 0 Å². The van der Waals surface area contributed by atoms with E-state index in [2.05, 4.69) is 37.8 Å². The van der Waals surface area contributed by atoms with E-state index in [0.29, 0.717) is 11.6 Å². The lowest BCUT2D eigenvalue weighted by Gasteiger charge is -2.37. The molecule has 2 rings (SSSR count). The molecular weight excluding hydrogens is 228 g/mol. The van der Waals surface area contributed by atoms with Gasteiger partial charge < -0.3 is 5.73 Å². The van der Waals surface area contributed by atoms with Crippen molar-refractivity contribution in [1.82, 2.24) is 4.90 Å². The smallest absolute Gasteiger partial charge is 0.0569 e. The first-order valence-electron chi connectivity index (χ1n) is 6.64. The molecule has 1 unspecified atom stereocenters. The topological polar surface area (TPSA) is 29.3 Å². The number of nitrogens with two attached hydrogens (primary N) is 1. The molecule has 2 heterocycles. The Bertz CT molecular complexity index is 370. The van der Waals surface area contributed by atoms with Crippen molar-refractivity contribution < 1.29 is 0 Å². The molecule has 1 fully saturated rings. The van der Waals surface area contributed by atoms with E-state index in [1.54, 1.807) is 0 Å². The predicted octanol–water partition coefficient (Wildman–Crippen LogP) is 3.18. The van der Waals surface area contributed by atoms with Gasteiger partial charge in [0, 0.05) is 21.8 Å². The molecule has 96 valence electrons. The highest BCUT2D eigenvalue weighted by Gasteiger charge is 2.37. The lowest BCUT2D eigenvalue weighted by Crippen LogP contribution is -2.43. The van der Waals surface area contributed by atoms with Gasteiger partial charge in [0.1, 0.15) is 0 Å². The van der Waals surface area contributed by atoms with Crippen molar-refractivity contribution in [3.8, 4) is 0 Å². The van der Waals surface area contributed by atoms with E-state index in [0.717, 1.165) is 13.0 Å². The van der Waals surface area contributed by atoms with Gasteiger partial charge in [0.15, 0.2) is 0 Å². The lowest BCUT2D eigenvalue weighted by molar-refractivity contribution is 0.121. The molecule has 3 heteroatoms. The minimum Gasteiger partial charge on any atom is -0.329 e. The van der Waals surface area contributed by atoms with Crippen molar-refractivity contribution >= 4 is 11.3 Å². The van der Waals surface area contributed by atoms with E-state index >= 15 is 0 Å². The number of aryl methyl sites for hydroxylation is 1. The summed E-state index contributed by atoms with van der Waals surface area (Å²) < 4.78 is 0. The molecule has 0 aromatic carbocycles. The van der Waals surface area contributed by atoms with Gasteiger partial charge >= 0.3 is 0 Å². The molecular formula is C14H24N2S. The van der Waals surface area contributed by atoms with Gasteiger partial charge in [-0.05, 0) is 51.8 Å². The van der Waals surface area contributed by atoms with Gasteiger partial charge in [-0.2, -0.15) is 0 Å². The average molecular weight is 252 g/mol. The zero-order valence-electron chi connectivity index (χ0n) is 11.2. The van der Waals surface area contributed by atoms with Crippen molar-refractivity contribution in [1.29, 1.82) is 0 Å². The Balaban J connectivity index is 2.21. The normalized spacial score (nSPS) is 21.9. The van der Waals surface area contributed by atoms with Crippen LogP contribution in [0, 0.1) is 0 Å². The second-order valence-corrected chi connectivity index (χ2v) is 6.72. The van der Waals surface area contributed by atoms with E-state index < -0.39 is 0 Å². The number of thiophene rings is 1. The van der Waals surface area contributed by atoms with Crippen LogP contribution in [0.2, 0.25) is 0 Å². The predicted molar refractivity (Wildman–Crippen MR) is 75.5 cm³/mol. The molecule has 0 saturated carbocycles. The van der Waals surface area contributed by atoms with Crippen LogP contribution < -0.4 is 5.73 Å². The molecule has 1 aliphatic heterocycles. The van der Waals surface area contributed by atoms with Crippen LogP contribution in [-0.4, -0.2) is 23.5 Å². The molecule has 0 spiro atoms. The number of nitrogens with zero attached hydrogens (tertiary/aromatic N) is 1. The molecule has 1 aromatic heterocycles. The van der Waals surface area contributed by atoms with Crippen LogP contribution in [0.5, 0.6) is 0 Å². The Morgan fingerprint density at radius 2 is 2.24 bits per heavy atom. The second kappa shape index (κ2) is 5.09. The van der Waals surface area contributed by atoms with Crippen molar-refractivity contribution in [2.75, 3.05) is 13.1 Å². The molecule has 1 aliphatic rings. The van der Waals surface area contributed by atoms with Crippen molar-refractivity contribution in [3.63, 3.8) is 0 Å². The van der Waals surface area contributed by atoms with Crippen molar-refractivity contribution in [2.45, 2.75) is 51.6 Å². The van der Waals surface area contributed by atoms with Crippen molar-refractivity contribution in [3.05, 3.63) is 21.9 Å². The summed E-state index contributed by atoms with van der Waals surface area (Å²) in [5, 5.41) is 0. The SMILES string of the molecule is CCc1ccc(C(CN)N2CCCC2(C)C)s1. The quantitative estimate of drug-likeness (QED) is 0.891. The summed E-state index contributed by atoms with van der Waals surface area (Å²) in [5.74, 6) is 0. The van der Waals surface area contributed by atoms with Gasteiger partial charge in [0.2, 0.25) is 0 Å². The fourth-order valence-electron chi connectivity index (χ4n) is 2.87. The highest BCUT2D eigenvalue weighted by atomic mass is 32.1. The zero-order valence-corrected chi connectivity index (χ0v) is 12.0. The summed E-state index contributed by atoms with van der Waals surface area (Å²) in [6.45, 7) is 8.82. The van der Waals surface area contributed by atoms with Crippen LogP contribution in [0.3, 0.4) is 0 Å². The van der Waals surface area contributed by atoms with E-state index in [1.807, 2.05) is 11.3 Å². The van der Waals surface area contributed by atoms with Gasteiger partial charge in [0.25, 0.3) is 0 Å². The standard InChI is InChI=1S/C14H24N2S/c1-4-11-6-7-13(17-11)12(10-15)16-9-5-8-14(16,2)3/h6-7,12H,4-5,8-10,15H2,1-3H3. The summed E-state index contributed by atoms with van der Waals surface area (Å²) in [6.07, 6.45) is 3.72. The third-order valence-corrected chi connectivity index (χ3v) is 5.25. The Morgan fingerprint density at radius 3 is 2.71 bits per heavy atom. The third kappa shape index (κ3) is 2.56. The molecule has 0 aliphatic carbocycles. The Hall–Kier alpha value is -0.380. The number of rotatable bonds is 4. The Labute approximate surface area is 109 Å². The number of hydrogen-bond donors (Lipinski definition) is 1. The van der Waals surface area contributed by atoms with Gasteiger partial charge in [0.05, 0.1) is 6.04 Å². The first-order valence-corrected chi connectivity index (χ1v) is 7.45. The minimum atomic E-state index is 0.306. The molecule has 1 aromatic rings. The monoisotopic (exact) mass is 252 g/mol. The van der Waals surface area contributed by atoms with Crippen LogP contribution in [0.15, 0.2) is 12.1 Å². The fourth-order valence-corrected chi connectivity index (χ4v) is 3.95. The van der Waals surface area contributed by atoms with Gasteiger partial charge in [-0.25, -0.2) is 0 Å². The molecule has 1 atom stereocenters. The maximum Gasteiger partial charge on any atom is 0.0569 e. The molecule has 2 N–H and O–H groups in total. The third-order valence-electron chi connectivity index (χ3n) is 3.92. The van der Waals surface area contributed by atoms with Gasteiger partial charge in [-0.3, -0.25) is 4.90 Å². The molecule has 0 bridgehead atoms. The van der Waals surface area contributed by atoms with Crippen LogP contribution in [0.1, 0.15) is 49.4 Å². The Kier molecular flexibility index (Phi) is 3.91. The van der Waals surface area contributed by atoms with Crippen LogP contribution in [0.4, 0.5) is 0 Å². The minimum absolute atomic E-state index is 0.306. The molecule has 0 amide bonds. The maximum absolute atomic E-state index is 6.02. The lowest BCUT2D eigenvalue weighted by atomic mass is 10.00. The first-order chi connectivity index (χ1) is 8.08. The fraction of sp³-hybridized carbons (Fsp3) is 0.714. The molecule has 0 radical (unpaired) electrons. The van der Waals surface area contributed by atoms with Gasteiger partial charge in [-0.15, -0.1) is 11.3 Å². The highest BCUT2D eigenvalue weighted by Crippen LogP contribution is 2.38. The highest BCUT2D eigenvalue weighted by molar-refractivity contribution is 7.12. The average Bonchev–Trinajstić information content (AvgIpc) is 2.88.